The Labute approximate surface area is 140 Å². The van der Waals surface area contributed by atoms with Gasteiger partial charge < -0.3 is 20.5 Å². The Balaban J connectivity index is 1.84. The van der Waals surface area contributed by atoms with Gasteiger partial charge in [-0.2, -0.15) is 0 Å². The average Bonchev–Trinajstić information content (AvgIpc) is 2.50. The van der Waals surface area contributed by atoms with Gasteiger partial charge in [-0.25, -0.2) is 0 Å². The van der Waals surface area contributed by atoms with E-state index in [1.165, 1.54) is 0 Å². The van der Waals surface area contributed by atoms with Gasteiger partial charge in [0, 0.05) is 18.7 Å². The second-order valence-corrected chi connectivity index (χ2v) is 5.93. The smallest absolute Gasteiger partial charge is 0.310 e. The van der Waals surface area contributed by atoms with Crippen molar-refractivity contribution in [1.29, 1.82) is 0 Å². The van der Waals surface area contributed by atoms with Gasteiger partial charge in [-0.05, 0) is 44.0 Å². The van der Waals surface area contributed by atoms with Gasteiger partial charge in [0.1, 0.15) is 5.75 Å². The number of hydrogen-bond acceptors (Lipinski definition) is 4. The van der Waals surface area contributed by atoms with Crippen molar-refractivity contribution >= 4 is 23.5 Å². The summed E-state index contributed by atoms with van der Waals surface area (Å²) in [5, 5.41) is 14.6. The van der Waals surface area contributed by atoms with E-state index in [2.05, 4.69) is 10.6 Å². The highest BCUT2D eigenvalue weighted by molar-refractivity contribution is 5.94. The lowest BCUT2D eigenvalue weighted by Crippen LogP contribution is -2.41. The molecule has 0 atom stereocenters. The van der Waals surface area contributed by atoms with Crippen LogP contribution in [0.4, 0.5) is 5.69 Å². The Bertz CT molecular complexity index is 608. The van der Waals surface area contributed by atoms with Crippen LogP contribution in [0.25, 0.3) is 0 Å². The normalized spacial score (nSPS) is 15.0. The third kappa shape index (κ3) is 4.47. The summed E-state index contributed by atoms with van der Waals surface area (Å²) in [5.74, 6) is -0.902. The minimum atomic E-state index is -0.905. The number of hydrogen-bond donors (Lipinski definition) is 3. The summed E-state index contributed by atoms with van der Waals surface area (Å²) in [6, 6.07) is 6.59. The van der Waals surface area contributed by atoms with E-state index in [4.69, 9.17) is 4.74 Å². The van der Waals surface area contributed by atoms with Gasteiger partial charge in [0.2, 0.25) is 5.91 Å². The lowest BCUT2D eigenvalue weighted by atomic mass is 9.66. The maximum atomic E-state index is 12.0. The van der Waals surface area contributed by atoms with Gasteiger partial charge in [-0.1, -0.05) is 6.42 Å². The van der Waals surface area contributed by atoms with Crippen molar-refractivity contribution in [3.05, 3.63) is 24.3 Å². The average molecular weight is 334 g/mol. The monoisotopic (exact) mass is 334 g/mol. The molecule has 130 valence electrons. The predicted molar refractivity (Wildman–Crippen MR) is 87.8 cm³/mol. The van der Waals surface area contributed by atoms with Crippen LogP contribution in [0.1, 0.15) is 32.6 Å². The van der Waals surface area contributed by atoms with Gasteiger partial charge in [0.25, 0.3) is 5.91 Å². The Morgan fingerprint density at radius 1 is 1.17 bits per heavy atom. The van der Waals surface area contributed by atoms with E-state index in [0.717, 1.165) is 6.42 Å². The number of amides is 2. The number of carbonyl (C=O) groups excluding carboxylic acids is 2. The van der Waals surface area contributed by atoms with E-state index in [1.807, 2.05) is 6.92 Å². The second-order valence-electron chi connectivity index (χ2n) is 5.93. The molecule has 7 nitrogen and oxygen atoms in total. The summed E-state index contributed by atoms with van der Waals surface area (Å²) in [6.45, 7) is 2.30. The molecule has 0 aliphatic heterocycles. The van der Waals surface area contributed by atoms with Crippen LogP contribution in [0.2, 0.25) is 0 Å². The van der Waals surface area contributed by atoms with Crippen molar-refractivity contribution in [1.82, 2.24) is 5.32 Å². The van der Waals surface area contributed by atoms with Crippen LogP contribution >= 0.6 is 0 Å². The SMILES string of the molecule is CCNC(=O)COc1ccc(NC(=O)CC2(C(=O)O)CCC2)cc1. The Morgan fingerprint density at radius 3 is 2.33 bits per heavy atom. The molecular weight excluding hydrogens is 312 g/mol. The highest BCUT2D eigenvalue weighted by atomic mass is 16.5. The fraction of sp³-hybridized carbons (Fsp3) is 0.471. The zero-order valence-electron chi connectivity index (χ0n) is 13.6. The van der Waals surface area contributed by atoms with E-state index >= 15 is 0 Å². The van der Waals surface area contributed by atoms with Gasteiger partial charge in [-0.3, -0.25) is 14.4 Å². The maximum Gasteiger partial charge on any atom is 0.310 e. The molecule has 0 bridgehead atoms. The number of likely N-dealkylation sites (N-methyl/N-ethyl adjacent to an activating group) is 1. The van der Waals surface area contributed by atoms with E-state index in [0.29, 0.717) is 30.8 Å². The Morgan fingerprint density at radius 2 is 1.83 bits per heavy atom. The molecule has 1 aromatic carbocycles. The summed E-state index contributed by atoms with van der Waals surface area (Å²) in [6.07, 6.45) is 1.92. The van der Waals surface area contributed by atoms with Crippen molar-refractivity contribution in [2.75, 3.05) is 18.5 Å². The molecule has 0 spiro atoms. The molecule has 1 aliphatic rings. The first-order valence-electron chi connectivity index (χ1n) is 7.98. The molecule has 0 aromatic heterocycles. The van der Waals surface area contributed by atoms with E-state index in [1.54, 1.807) is 24.3 Å². The van der Waals surface area contributed by atoms with Crippen LogP contribution in [0, 0.1) is 5.41 Å². The molecular formula is C17H22N2O5. The zero-order valence-corrected chi connectivity index (χ0v) is 13.6. The molecule has 2 amide bonds. The number of nitrogens with one attached hydrogen (secondary N) is 2. The molecule has 1 fully saturated rings. The topological polar surface area (TPSA) is 105 Å². The minimum absolute atomic E-state index is 0.0161. The predicted octanol–water partition coefficient (Wildman–Crippen LogP) is 1.78. The molecule has 1 aliphatic carbocycles. The third-order valence-electron chi connectivity index (χ3n) is 4.15. The first-order valence-corrected chi connectivity index (χ1v) is 7.98. The van der Waals surface area contributed by atoms with Crippen molar-refractivity contribution in [3.8, 4) is 5.75 Å². The zero-order chi connectivity index (χ0) is 17.6. The second kappa shape index (κ2) is 7.81. The molecule has 3 N–H and O–H groups in total. The van der Waals surface area contributed by atoms with Crippen molar-refractivity contribution < 1.29 is 24.2 Å². The Hall–Kier alpha value is -2.57. The van der Waals surface area contributed by atoms with Crippen molar-refractivity contribution in [3.63, 3.8) is 0 Å². The number of anilines is 1. The number of carboxylic acids is 1. The van der Waals surface area contributed by atoms with E-state index in [9.17, 15) is 19.5 Å². The number of aliphatic carboxylic acids is 1. The highest BCUT2D eigenvalue weighted by Gasteiger charge is 2.45. The van der Waals surface area contributed by atoms with Gasteiger partial charge in [-0.15, -0.1) is 0 Å². The fourth-order valence-electron chi connectivity index (χ4n) is 2.61. The number of carbonyl (C=O) groups is 3. The molecule has 0 unspecified atom stereocenters. The molecule has 0 radical (unpaired) electrons. The number of rotatable bonds is 8. The largest absolute Gasteiger partial charge is 0.484 e. The van der Waals surface area contributed by atoms with Crippen LogP contribution in [-0.2, 0) is 14.4 Å². The van der Waals surface area contributed by atoms with Crippen molar-refractivity contribution in [2.24, 2.45) is 5.41 Å². The maximum absolute atomic E-state index is 12.0. The molecule has 24 heavy (non-hydrogen) atoms. The van der Waals surface area contributed by atoms with E-state index in [-0.39, 0.29) is 24.8 Å². The van der Waals surface area contributed by atoms with Gasteiger partial charge >= 0.3 is 5.97 Å². The fourth-order valence-corrected chi connectivity index (χ4v) is 2.61. The number of ether oxygens (including phenoxy) is 1. The molecule has 0 saturated heterocycles. The summed E-state index contributed by atoms with van der Waals surface area (Å²) in [5.41, 5.74) is -0.343. The molecule has 1 aromatic rings. The third-order valence-corrected chi connectivity index (χ3v) is 4.15. The summed E-state index contributed by atoms with van der Waals surface area (Å²) >= 11 is 0. The Kier molecular flexibility index (Phi) is 5.78. The molecule has 2 rings (SSSR count). The lowest BCUT2D eigenvalue weighted by molar-refractivity contribution is -0.157. The van der Waals surface area contributed by atoms with Gasteiger partial charge in [0.05, 0.1) is 5.41 Å². The standard InChI is InChI=1S/C17H22N2O5/c1-2-18-15(21)11-24-13-6-4-12(5-7-13)19-14(20)10-17(16(22)23)8-3-9-17/h4-7H,2-3,8-11H2,1H3,(H,18,21)(H,19,20)(H,22,23). The summed E-state index contributed by atoms with van der Waals surface area (Å²) in [7, 11) is 0. The number of benzene rings is 1. The first kappa shape index (κ1) is 17.8. The minimum Gasteiger partial charge on any atom is -0.484 e. The quantitative estimate of drug-likeness (QED) is 0.672. The first-order chi connectivity index (χ1) is 11.4. The van der Waals surface area contributed by atoms with Crippen LogP contribution in [0.5, 0.6) is 5.75 Å². The van der Waals surface area contributed by atoms with Crippen LogP contribution < -0.4 is 15.4 Å². The van der Waals surface area contributed by atoms with Gasteiger partial charge in [0.15, 0.2) is 6.61 Å². The highest BCUT2D eigenvalue weighted by Crippen LogP contribution is 2.44. The number of carboxylic acid groups (broad SMARTS) is 1. The van der Waals surface area contributed by atoms with Crippen LogP contribution in [0.3, 0.4) is 0 Å². The van der Waals surface area contributed by atoms with Crippen LogP contribution in [-0.4, -0.2) is 36.0 Å². The van der Waals surface area contributed by atoms with Crippen molar-refractivity contribution in [2.45, 2.75) is 32.6 Å². The summed E-state index contributed by atoms with van der Waals surface area (Å²) in [4.78, 5) is 34.6. The van der Waals surface area contributed by atoms with E-state index < -0.39 is 11.4 Å². The lowest BCUT2D eigenvalue weighted by Gasteiger charge is -2.36. The molecule has 7 heteroatoms. The summed E-state index contributed by atoms with van der Waals surface area (Å²) < 4.78 is 5.32. The van der Waals surface area contributed by atoms with Crippen LogP contribution in [0.15, 0.2) is 24.3 Å². The molecule has 0 heterocycles. The molecule has 1 saturated carbocycles.